The van der Waals surface area contributed by atoms with E-state index in [4.69, 9.17) is 4.52 Å². The standard InChI is InChI=1S/C16H27N3O2/c1-5-8-19-9-6-13(7-10-19)17-16(20)14-12(4)18-21-15(14)11(2)3/h11,13H,5-10H2,1-4H3,(H,17,20). The lowest BCUT2D eigenvalue weighted by molar-refractivity contribution is 0.0908. The van der Waals surface area contributed by atoms with Gasteiger partial charge in [-0.3, -0.25) is 4.79 Å². The summed E-state index contributed by atoms with van der Waals surface area (Å²) in [5, 5.41) is 7.10. The molecule has 21 heavy (non-hydrogen) atoms. The van der Waals surface area contributed by atoms with E-state index in [1.807, 2.05) is 20.8 Å². The molecule has 2 heterocycles. The number of carbonyl (C=O) groups excluding carboxylic acids is 1. The van der Waals surface area contributed by atoms with E-state index < -0.39 is 0 Å². The number of hydrogen-bond acceptors (Lipinski definition) is 4. The van der Waals surface area contributed by atoms with Gasteiger partial charge in [-0.15, -0.1) is 0 Å². The minimum Gasteiger partial charge on any atom is -0.360 e. The lowest BCUT2D eigenvalue weighted by Gasteiger charge is -2.32. The van der Waals surface area contributed by atoms with E-state index in [-0.39, 0.29) is 17.9 Å². The second kappa shape index (κ2) is 7.07. The maximum absolute atomic E-state index is 12.5. The van der Waals surface area contributed by atoms with Gasteiger partial charge in [0, 0.05) is 25.0 Å². The third kappa shape index (κ3) is 3.84. The summed E-state index contributed by atoms with van der Waals surface area (Å²) in [6, 6.07) is 0.264. The van der Waals surface area contributed by atoms with Crippen LogP contribution < -0.4 is 5.32 Å². The van der Waals surface area contributed by atoms with Crippen LogP contribution in [0.2, 0.25) is 0 Å². The van der Waals surface area contributed by atoms with Crippen molar-refractivity contribution in [3.63, 3.8) is 0 Å². The maximum Gasteiger partial charge on any atom is 0.257 e. The SMILES string of the molecule is CCCN1CCC(NC(=O)c2c(C)noc2C(C)C)CC1. The van der Waals surface area contributed by atoms with Crippen LogP contribution in [0, 0.1) is 6.92 Å². The Labute approximate surface area is 127 Å². The lowest BCUT2D eigenvalue weighted by Crippen LogP contribution is -2.45. The number of aryl methyl sites for hydroxylation is 1. The fourth-order valence-electron chi connectivity index (χ4n) is 2.93. The fraction of sp³-hybridized carbons (Fsp3) is 0.750. The molecule has 5 heteroatoms. The first-order valence-corrected chi connectivity index (χ1v) is 8.02. The van der Waals surface area contributed by atoms with Gasteiger partial charge in [0.05, 0.1) is 5.69 Å². The van der Waals surface area contributed by atoms with E-state index in [1.54, 1.807) is 0 Å². The summed E-state index contributed by atoms with van der Waals surface area (Å²) in [4.78, 5) is 15.0. The zero-order valence-corrected chi connectivity index (χ0v) is 13.6. The Bertz CT molecular complexity index is 474. The van der Waals surface area contributed by atoms with Crippen molar-refractivity contribution in [3.8, 4) is 0 Å². The largest absolute Gasteiger partial charge is 0.360 e. The number of rotatable bonds is 5. The first-order chi connectivity index (χ1) is 10.0. The fourth-order valence-corrected chi connectivity index (χ4v) is 2.93. The van der Waals surface area contributed by atoms with Crippen LogP contribution in [0.4, 0.5) is 0 Å². The molecule has 1 fully saturated rings. The van der Waals surface area contributed by atoms with Gasteiger partial charge in [0.15, 0.2) is 5.76 Å². The van der Waals surface area contributed by atoms with Crippen LogP contribution in [0.25, 0.3) is 0 Å². The van der Waals surface area contributed by atoms with Crippen molar-refractivity contribution in [2.45, 2.75) is 58.9 Å². The maximum atomic E-state index is 12.5. The lowest BCUT2D eigenvalue weighted by atomic mass is 10.0. The average molecular weight is 293 g/mol. The molecular weight excluding hydrogens is 266 g/mol. The summed E-state index contributed by atoms with van der Waals surface area (Å²) >= 11 is 0. The van der Waals surface area contributed by atoms with Crippen LogP contribution in [-0.2, 0) is 0 Å². The highest BCUT2D eigenvalue weighted by Gasteiger charge is 2.26. The number of carbonyl (C=O) groups is 1. The van der Waals surface area contributed by atoms with Gasteiger partial charge in [-0.25, -0.2) is 0 Å². The predicted octanol–water partition coefficient (Wildman–Crippen LogP) is 2.71. The molecule has 0 saturated carbocycles. The van der Waals surface area contributed by atoms with E-state index >= 15 is 0 Å². The highest BCUT2D eigenvalue weighted by atomic mass is 16.5. The zero-order valence-electron chi connectivity index (χ0n) is 13.6. The molecule has 0 unspecified atom stereocenters. The molecule has 0 radical (unpaired) electrons. The number of nitrogens with one attached hydrogen (secondary N) is 1. The Morgan fingerprint density at radius 2 is 2.10 bits per heavy atom. The number of nitrogens with zero attached hydrogens (tertiary/aromatic N) is 2. The third-order valence-electron chi connectivity index (χ3n) is 4.10. The van der Waals surface area contributed by atoms with E-state index in [2.05, 4.69) is 22.3 Å². The van der Waals surface area contributed by atoms with Crippen molar-refractivity contribution in [1.82, 2.24) is 15.4 Å². The van der Waals surface area contributed by atoms with Gasteiger partial charge in [-0.1, -0.05) is 25.9 Å². The molecule has 0 aliphatic carbocycles. The normalized spacial score (nSPS) is 17.4. The molecule has 1 saturated heterocycles. The monoisotopic (exact) mass is 293 g/mol. The van der Waals surface area contributed by atoms with Gasteiger partial charge >= 0.3 is 0 Å². The quantitative estimate of drug-likeness (QED) is 0.907. The van der Waals surface area contributed by atoms with E-state index in [0.717, 1.165) is 32.5 Å². The Hall–Kier alpha value is -1.36. The molecule has 1 amide bonds. The molecular formula is C16H27N3O2. The van der Waals surface area contributed by atoms with Crippen LogP contribution in [0.3, 0.4) is 0 Å². The molecule has 0 spiro atoms. The summed E-state index contributed by atoms with van der Waals surface area (Å²) in [5.74, 6) is 0.818. The Morgan fingerprint density at radius 1 is 1.43 bits per heavy atom. The second-order valence-electron chi connectivity index (χ2n) is 6.25. The number of likely N-dealkylation sites (tertiary alicyclic amines) is 1. The van der Waals surface area contributed by atoms with Gasteiger partial charge in [0.25, 0.3) is 5.91 Å². The molecule has 0 atom stereocenters. The number of amides is 1. The Balaban J connectivity index is 1.95. The van der Waals surface area contributed by atoms with Crippen LogP contribution >= 0.6 is 0 Å². The summed E-state index contributed by atoms with van der Waals surface area (Å²) in [6.07, 6.45) is 3.23. The number of aromatic nitrogens is 1. The summed E-state index contributed by atoms with van der Waals surface area (Å²) in [6.45, 7) is 11.4. The average Bonchev–Trinajstić information content (AvgIpc) is 2.83. The first-order valence-electron chi connectivity index (χ1n) is 8.02. The molecule has 118 valence electrons. The highest BCUT2D eigenvalue weighted by Crippen LogP contribution is 2.22. The van der Waals surface area contributed by atoms with Gasteiger partial charge in [-0.2, -0.15) is 0 Å². The summed E-state index contributed by atoms with van der Waals surface area (Å²) in [7, 11) is 0. The van der Waals surface area contributed by atoms with Gasteiger partial charge in [-0.05, 0) is 32.7 Å². The third-order valence-corrected chi connectivity index (χ3v) is 4.10. The topological polar surface area (TPSA) is 58.4 Å². The van der Waals surface area contributed by atoms with Crippen LogP contribution in [0.1, 0.15) is 67.8 Å². The number of hydrogen-bond donors (Lipinski definition) is 1. The predicted molar refractivity (Wildman–Crippen MR) is 82.5 cm³/mol. The highest BCUT2D eigenvalue weighted by molar-refractivity contribution is 5.96. The van der Waals surface area contributed by atoms with Crippen molar-refractivity contribution in [1.29, 1.82) is 0 Å². The van der Waals surface area contributed by atoms with Crippen molar-refractivity contribution in [2.75, 3.05) is 19.6 Å². The van der Waals surface area contributed by atoms with Crippen molar-refractivity contribution >= 4 is 5.91 Å². The Morgan fingerprint density at radius 3 is 2.67 bits per heavy atom. The van der Waals surface area contributed by atoms with E-state index in [1.165, 1.54) is 6.42 Å². The number of piperidine rings is 1. The molecule has 5 nitrogen and oxygen atoms in total. The molecule has 1 aliphatic heterocycles. The minimum atomic E-state index is -0.0357. The van der Waals surface area contributed by atoms with Gasteiger partial charge in [0.2, 0.25) is 0 Å². The van der Waals surface area contributed by atoms with Crippen molar-refractivity contribution in [3.05, 3.63) is 17.0 Å². The molecule has 0 aromatic carbocycles. The minimum absolute atomic E-state index is 0.0357. The molecule has 1 N–H and O–H groups in total. The molecule has 2 rings (SSSR count). The van der Waals surface area contributed by atoms with Gasteiger partial charge in [0.1, 0.15) is 5.56 Å². The summed E-state index contributed by atoms with van der Waals surface area (Å²) in [5.41, 5.74) is 1.31. The van der Waals surface area contributed by atoms with Crippen LogP contribution in [-0.4, -0.2) is 41.6 Å². The van der Waals surface area contributed by atoms with Crippen molar-refractivity contribution in [2.24, 2.45) is 0 Å². The van der Waals surface area contributed by atoms with Crippen LogP contribution in [0.5, 0.6) is 0 Å². The van der Waals surface area contributed by atoms with Crippen molar-refractivity contribution < 1.29 is 9.32 Å². The molecule has 1 aliphatic rings. The Kier molecular flexibility index (Phi) is 5.39. The first kappa shape index (κ1) is 16.0. The molecule has 0 bridgehead atoms. The zero-order chi connectivity index (χ0) is 15.4. The smallest absolute Gasteiger partial charge is 0.257 e. The van der Waals surface area contributed by atoms with E-state index in [0.29, 0.717) is 17.0 Å². The van der Waals surface area contributed by atoms with Crippen LogP contribution in [0.15, 0.2) is 4.52 Å². The van der Waals surface area contributed by atoms with Gasteiger partial charge < -0.3 is 14.7 Å². The molecule has 1 aromatic heterocycles. The van der Waals surface area contributed by atoms with E-state index in [9.17, 15) is 4.79 Å². The molecule has 1 aromatic rings. The second-order valence-corrected chi connectivity index (χ2v) is 6.25. The summed E-state index contributed by atoms with van der Waals surface area (Å²) < 4.78 is 5.30.